The highest BCUT2D eigenvalue weighted by Gasteiger charge is 2.31. The molecule has 0 aliphatic carbocycles. The van der Waals surface area contributed by atoms with E-state index >= 15 is 0 Å². The third-order valence-corrected chi connectivity index (χ3v) is 5.16. The summed E-state index contributed by atoms with van der Waals surface area (Å²) in [7, 11) is -1.13. The lowest BCUT2D eigenvalue weighted by Crippen LogP contribution is -2.41. The predicted molar refractivity (Wildman–Crippen MR) is 98.3 cm³/mol. The Balaban J connectivity index is 2.66. The highest BCUT2D eigenvalue weighted by atomic mass is 28.3. The number of carboxylic acids is 1. The summed E-state index contributed by atoms with van der Waals surface area (Å²) < 4.78 is 11.1. The average molecular weight is 355 g/mol. The topological polar surface area (TPSA) is 80.7 Å². The summed E-state index contributed by atoms with van der Waals surface area (Å²) in [5, 5.41) is 12.5. The second kappa shape index (κ2) is 8.48. The summed E-state index contributed by atoms with van der Waals surface area (Å²) in [6.07, 6.45) is 1.61. The van der Waals surface area contributed by atoms with Gasteiger partial charge in [-0.25, -0.2) is 9.78 Å². The third-order valence-electron chi connectivity index (χ3n) is 3.46. The zero-order valence-electron chi connectivity index (χ0n) is 15.5. The highest BCUT2D eigenvalue weighted by molar-refractivity contribution is 6.76. The molecule has 0 unspecified atom stereocenters. The van der Waals surface area contributed by atoms with Gasteiger partial charge in [-0.05, 0) is 23.6 Å². The number of rotatable bonds is 9. The van der Waals surface area contributed by atoms with Gasteiger partial charge in [0.05, 0.1) is 5.69 Å². The number of aromatic nitrogens is 1. The van der Waals surface area contributed by atoms with Gasteiger partial charge in [-0.3, -0.25) is 0 Å². The van der Waals surface area contributed by atoms with Crippen LogP contribution in [0.1, 0.15) is 20.8 Å². The lowest BCUT2D eigenvalue weighted by atomic mass is 9.86. The Labute approximate surface area is 145 Å². The lowest BCUT2D eigenvalue weighted by Gasteiger charge is -2.29. The minimum Gasteiger partial charge on any atom is -0.480 e. The van der Waals surface area contributed by atoms with E-state index in [2.05, 4.69) is 29.9 Å². The summed E-state index contributed by atoms with van der Waals surface area (Å²) in [4.78, 5) is 15.7. The molecule has 24 heavy (non-hydrogen) atoms. The van der Waals surface area contributed by atoms with Crippen LogP contribution in [-0.2, 0) is 9.53 Å². The van der Waals surface area contributed by atoms with Crippen LogP contribution in [0, 0.1) is 5.41 Å². The number of anilines is 1. The molecule has 2 N–H and O–H groups in total. The number of nitrogens with zero attached hydrogens (tertiary/aromatic N) is 1. The molecule has 6 nitrogen and oxygen atoms in total. The van der Waals surface area contributed by atoms with E-state index in [9.17, 15) is 9.90 Å². The first kappa shape index (κ1) is 20.4. The van der Waals surface area contributed by atoms with E-state index in [-0.39, 0.29) is 6.79 Å². The number of hydrogen-bond donors (Lipinski definition) is 2. The van der Waals surface area contributed by atoms with Crippen LogP contribution >= 0.6 is 0 Å². The number of pyridine rings is 1. The molecule has 0 fully saturated rings. The number of carboxylic acid groups (broad SMARTS) is 1. The molecular weight excluding hydrogens is 324 g/mol. The van der Waals surface area contributed by atoms with Crippen molar-refractivity contribution in [3.63, 3.8) is 0 Å². The molecule has 0 amide bonds. The molecule has 0 spiro atoms. The van der Waals surface area contributed by atoms with E-state index in [0.29, 0.717) is 18.2 Å². The molecule has 0 aliphatic heterocycles. The van der Waals surface area contributed by atoms with Crippen molar-refractivity contribution < 1.29 is 19.4 Å². The number of nitrogens with one attached hydrogen (secondary N) is 1. The Morgan fingerprint density at radius 1 is 1.38 bits per heavy atom. The predicted octanol–water partition coefficient (Wildman–Crippen LogP) is 3.68. The monoisotopic (exact) mass is 354 g/mol. The van der Waals surface area contributed by atoms with E-state index in [1.54, 1.807) is 18.3 Å². The fraction of sp³-hybridized carbons (Fsp3) is 0.647. The minimum absolute atomic E-state index is 0.101. The standard InChI is InChI=1S/C17H30N2O4Si/c1-17(2,3)14(16(20)21)19-13-8-7-9-18-15(13)23-12-22-10-11-24(4,5)6/h7-9,14,19H,10-12H2,1-6H3,(H,20,21)/t14-/m1/s1. The van der Waals surface area contributed by atoms with Gasteiger partial charge < -0.3 is 19.9 Å². The van der Waals surface area contributed by atoms with Gasteiger partial charge in [-0.15, -0.1) is 0 Å². The Hall–Kier alpha value is -1.60. The van der Waals surface area contributed by atoms with E-state index in [0.717, 1.165) is 6.04 Å². The molecule has 0 aliphatic rings. The third kappa shape index (κ3) is 7.31. The summed E-state index contributed by atoms with van der Waals surface area (Å²) in [5.74, 6) is -0.565. The second-order valence-corrected chi connectivity index (χ2v) is 13.7. The number of aliphatic carboxylic acids is 1. The molecule has 0 bridgehead atoms. The van der Waals surface area contributed by atoms with Crippen molar-refractivity contribution >= 4 is 19.7 Å². The second-order valence-electron chi connectivity index (χ2n) is 8.12. The van der Waals surface area contributed by atoms with E-state index in [4.69, 9.17) is 9.47 Å². The SMILES string of the molecule is CC(C)(C)[C@H](Nc1cccnc1OCOCC[Si](C)(C)C)C(=O)O. The van der Waals surface area contributed by atoms with Crippen LogP contribution in [0.5, 0.6) is 5.88 Å². The van der Waals surface area contributed by atoms with Gasteiger partial charge in [0.25, 0.3) is 0 Å². The van der Waals surface area contributed by atoms with Crippen LogP contribution in [0.15, 0.2) is 18.3 Å². The van der Waals surface area contributed by atoms with Crippen molar-refractivity contribution in [1.82, 2.24) is 4.98 Å². The maximum atomic E-state index is 11.5. The van der Waals surface area contributed by atoms with Gasteiger partial charge in [0.2, 0.25) is 5.88 Å². The molecule has 1 aromatic heterocycles. The largest absolute Gasteiger partial charge is 0.480 e. The van der Waals surface area contributed by atoms with Crippen molar-refractivity contribution in [3.05, 3.63) is 18.3 Å². The summed E-state index contributed by atoms with van der Waals surface area (Å²) >= 11 is 0. The molecular formula is C17H30N2O4Si. The zero-order valence-corrected chi connectivity index (χ0v) is 16.5. The molecule has 7 heteroatoms. The molecule has 1 heterocycles. The van der Waals surface area contributed by atoms with Gasteiger partial charge >= 0.3 is 5.97 Å². The van der Waals surface area contributed by atoms with Gasteiger partial charge in [0, 0.05) is 20.9 Å². The van der Waals surface area contributed by atoms with Gasteiger partial charge in [-0.2, -0.15) is 0 Å². The van der Waals surface area contributed by atoms with Gasteiger partial charge in [0.15, 0.2) is 6.79 Å². The van der Waals surface area contributed by atoms with Crippen LogP contribution in [0.4, 0.5) is 5.69 Å². The summed E-state index contributed by atoms with van der Waals surface area (Å²) in [6, 6.07) is 3.81. The summed E-state index contributed by atoms with van der Waals surface area (Å²) in [6.45, 7) is 13.2. The van der Waals surface area contributed by atoms with Crippen LogP contribution in [-0.4, -0.2) is 43.6 Å². The smallest absolute Gasteiger partial charge is 0.326 e. The number of carbonyl (C=O) groups is 1. The van der Waals surface area contributed by atoms with Crippen molar-refractivity contribution in [1.29, 1.82) is 0 Å². The number of ether oxygens (including phenoxy) is 2. The first-order valence-corrected chi connectivity index (χ1v) is 11.9. The van der Waals surface area contributed by atoms with Crippen LogP contribution < -0.4 is 10.1 Å². The first-order chi connectivity index (χ1) is 11.0. The highest BCUT2D eigenvalue weighted by Crippen LogP contribution is 2.27. The summed E-state index contributed by atoms with van der Waals surface area (Å²) in [5.41, 5.74) is 0.0980. The Morgan fingerprint density at radius 3 is 2.58 bits per heavy atom. The lowest BCUT2D eigenvalue weighted by molar-refractivity contribution is -0.140. The molecule has 0 aromatic carbocycles. The van der Waals surface area contributed by atoms with Crippen molar-refractivity contribution in [2.45, 2.75) is 52.5 Å². The zero-order chi connectivity index (χ0) is 18.4. The fourth-order valence-corrected chi connectivity index (χ4v) is 2.71. The minimum atomic E-state index is -1.13. The molecule has 1 aromatic rings. The Kier molecular flexibility index (Phi) is 7.22. The fourth-order valence-electron chi connectivity index (χ4n) is 1.95. The van der Waals surface area contributed by atoms with Crippen molar-refractivity contribution in [2.24, 2.45) is 5.41 Å². The Bertz CT molecular complexity index is 538. The van der Waals surface area contributed by atoms with Gasteiger partial charge in [0.1, 0.15) is 6.04 Å². The van der Waals surface area contributed by atoms with Crippen LogP contribution in [0.25, 0.3) is 0 Å². The molecule has 136 valence electrons. The van der Waals surface area contributed by atoms with Crippen LogP contribution in [0.3, 0.4) is 0 Å². The van der Waals surface area contributed by atoms with E-state index < -0.39 is 25.5 Å². The first-order valence-electron chi connectivity index (χ1n) is 8.15. The maximum Gasteiger partial charge on any atom is 0.326 e. The molecule has 1 atom stereocenters. The normalized spacial score (nSPS) is 13.4. The molecule has 0 saturated heterocycles. The van der Waals surface area contributed by atoms with Gasteiger partial charge in [-0.1, -0.05) is 40.4 Å². The quantitative estimate of drug-likeness (QED) is 0.400. The average Bonchev–Trinajstić information content (AvgIpc) is 2.42. The maximum absolute atomic E-state index is 11.5. The van der Waals surface area contributed by atoms with E-state index in [1.165, 1.54) is 0 Å². The number of hydrogen-bond acceptors (Lipinski definition) is 5. The van der Waals surface area contributed by atoms with Crippen molar-refractivity contribution in [3.8, 4) is 5.88 Å². The molecule has 1 rings (SSSR count). The Morgan fingerprint density at radius 2 is 2.04 bits per heavy atom. The molecule has 0 saturated carbocycles. The van der Waals surface area contributed by atoms with Crippen molar-refractivity contribution in [2.75, 3.05) is 18.7 Å². The van der Waals surface area contributed by atoms with E-state index in [1.807, 2.05) is 20.8 Å². The molecule has 0 radical (unpaired) electrons. The van der Waals surface area contributed by atoms with Crippen LogP contribution in [0.2, 0.25) is 25.7 Å².